The Morgan fingerprint density at radius 3 is 1.26 bits per heavy atom. The minimum absolute atomic E-state index is 0.0565. The van der Waals surface area contributed by atoms with Crippen molar-refractivity contribution in [1.29, 1.82) is 0 Å². The molecule has 390 valence electrons. The molecule has 4 atom stereocenters. The zero-order valence-electron chi connectivity index (χ0n) is 38.9. The third kappa shape index (κ3) is 17.4. The van der Waals surface area contributed by atoms with Gasteiger partial charge in [-0.3, -0.25) is 0 Å². The fourth-order valence-electron chi connectivity index (χ4n) is 6.21. The summed E-state index contributed by atoms with van der Waals surface area (Å²) in [7, 11) is 5.11. The van der Waals surface area contributed by atoms with Crippen molar-refractivity contribution in [2.24, 2.45) is 0 Å². The van der Waals surface area contributed by atoms with Gasteiger partial charge in [-0.25, -0.2) is 53.3 Å². The van der Waals surface area contributed by atoms with Crippen LogP contribution >= 0.6 is 0 Å². The molecule has 0 bridgehead atoms. The lowest BCUT2D eigenvalue weighted by Crippen LogP contribution is -2.59. The maximum Gasteiger partial charge on any atom is 0.513 e. The first kappa shape index (κ1) is 56.5. The van der Waals surface area contributed by atoms with Gasteiger partial charge < -0.3 is 71.8 Å². The van der Waals surface area contributed by atoms with Crippen molar-refractivity contribution in [1.82, 2.24) is 0 Å². The molecule has 1 aliphatic carbocycles. The fourth-order valence-corrected chi connectivity index (χ4v) is 6.21. The highest BCUT2D eigenvalue weighted by Crippen LogP contribution is 2.36. The summed E-state index contributed by atoms with van der Waals surface area (Å²) in [5.41, 5.74) is -1.98. The van der Waals surface area contributed by atoms with Gasteiger partial charge in [0.05, 0.1) is 42.2 Å². The summed E-state index contributed by atoms with van der Waals surface area (Å²) in [6.07, 6.45) is -7.46. The number of carbonyl (C=O) groups excluding carboxylic acids is 8. The van der Waals surface area contributed by atoms with Crippen LogP contribution in [-0.4, -0.2) is 136 Å². The zero-order valence-corrected chi connectivity index (χ0v) is 38.9. The third-order valence-electron chi connectivity index (χ3n) is 9.57. The Balaban J connectivity index is 1.70. The van der Waals surface area contributed by atoms with Crippen LogP contribution in [0.4, 0.5) is 24.0 Å². The van der Waals surface area contributed by atoms with Crippen LogP contribution in [0.25, 0.3) is 18.2 Å². The van der Waals surface area contributed by atoms with E-state index in [2.05, 4.69) is 33.6 Å². The minimum atomic E-state index is -2.79. The molecule has 0 aliphatic heterocycles. The van der Waals surface area contributed by atoms with Gasteiger partial charge in [-0.1, -0.05) is 29.3 Å². The van der Waals surface area contributed by atoms with E-state index >= 15 is 0 Å². The highest BCUT2D eigenvalue weighted by atomic mass is 17.5. The second kappa shape index (κ2) is 27.4. The van der Waals surface area contributed by atoms with Crippen LogP contribution in [0.15, 0.2) is 72.8 Å². The molecule has 73 heavy (non-hydrogen) atoms. The molecular formula is C46H44O27. The Morgan fingerprint density at radius 1 is 0.521 bits per heavy atom. The summed E-state index contributed by atoms with van der Waals surface area (Å²) < 4.78 is 64.4. The number of methoxy groups -OCH3 is 5. The molecule has 0 amide bonds. The molecule has 27 heteroatoms. The predicted molar refractivity (Wildman–Crippen MR) is 236 cm³/mol. The van der Waals surface area contributed by atoms with E-state index in [4.69, 9.17) is 43.2 Å². The predicted octanol–water partition coefficient (Wildman–Crippen LogP) is 5.16. The maximum atomic E-state index is 13.6. The van der Waals surface area contributed by atoms with Gasteiger partial charge in [0.25, 0.3) is 0 Å². The van der Waals surface area contributed by atoms with Gasteiger partial charge in [0.1, 0.15) is 18.0 Å². The number of aliphatic carboxylic acids is 1. The van der Waals surface area contributed by atoms with E-state index in [0.717, 1.165) is 78.1 Å². The van der Waals surface area contributed by atoms with Gasteiger partial charge in [0.2, 0.25) is 0 Å². The van der Waals surface area contributed by atoms with Crippen molar-refractivity contribution in [3.63, 3.8) is 0 Å². The highest BCUT2D eigenvalue weighted by Gasteiger charge is 2.54. The number of hydrogen-bond acceptors (Lipinski definition) is 26. The lowest BCUT2D eigenvalue weighted by molar-refractivity contribution is -0.490. The summed E-state index contributed by atoms with van der Waals surface area (Å²) in [6.45, 7) is -0.181. The van der Waals surface area contributed by atoms with E-state index in [0.29, 0.717) is 5.56 Å². The van der Waals surface area contributed by atoms with E-state index in [1.54, 1.807) is 0 Å². The zero-order chi connectivity index (χ0) is 53.7. The summed E-state index contributed by atoms with van der Waals surface area (Å²) in [5, 5.41) is 33.6. The number of aliphatic hydroxyl groups is 1. The standard InChI is InChI=1S/C46H44O27/c1-59-41(52)67-29-13-7-26(21-32(29)70-44(55)62-4)10-16-37(48)66-35-24-46(57,40(50)51)23-34(65-36(47)15-9-25-6-12-28(18-19-64-73-58)31(20-25)69-43(54)61-3)39(35)72-38(49)17-11-27-8-14-30(68-42(53)60-2)33(22-27)71-45(56)63-5/h6-17,20-22,34-35,39,57-58H,18-19,23-24H2,1-5H3,(H,50,51)/b15-9+,16-10+,17-11+/t34-,35-,39-,46+/m1/s1. The lowest BCUT2D eigenvalue weighted by Gasteiger charge is -2.41. The number of hydrogen-bond donors (Lipinski definition) is 3. The lowest BCUT2D eigenvalue weighted by atomic mass is 9.79. The highest BCUT2D eigenvalue weighted by molar-refractivity contribution is 5.90. The first-order valence-electron chi connectivity index (χ1n) is 20.6. The van der Waals surface area contributed by atoms with Crippen LogP contribution in [-0.2, 0) is 73.4 Å². The van der Waals surface area contributed by atoms with Crippen LogP contribution < -0.4 is 23.7 Å². The van der Waals surface area contributed by atoms with Gasteiger partial charge >= 0.3 is 54.7 Å². The number of benzene rings is 3. The van der Waals surface area contributed by atoms with Crippen LogP contribution in [0.3, 0.4) is 0 Å². The fraction of sp³-hybridized carbons (Fsp3) is 0.283. The quantitative estimate of drug-likeness (QED) is 0.0265. The number of carboxylic acids is 1. The summed E-state index contributed by atoms with van der Waals surface area (Å²) in [5.74, 6) is -6.93. The molecule has 0 spiro atoms. The third-order valence-corrected chi connectivity index (χ3v) is 9.57. The molecule has 4 rings (SSSR count). The number of carbonyl (C=O) groups is 9. The van der Waals surface area contributed by atoms with E-state index in [9.17, 15) is 53.4 Å². The Kier molecular flexibility index (Phi) is 21.2. The van der Waals surface area contributed by atoms with Crippen LogP contribution in [0.5, 0.6) is 28.7 Å². The molecular weight excluding hydrogens is 984 g/mol. The summed E-state index contributed by atoms with van der Waals surface area (Å²) >= 11 is 0. The normalized spacial score (nSPS) is 17.1. The van der Waals surface area contributed by atoms with Gasteiger partial charge in [0, 0.05) is 37.5 Å². The van der Waals surface area contributed by atoms with Crippen molar-refractivity contribution in [3.8, 4) is 28.7 Å². The molecule has 0 aromatic heterocycles. The van der Waals surface area contributed by atoms with Crippen molar-refractivity contribution in [2.75, 3.05) is 42.2 Å². The van der Waals surface area contributed by atoms with Crippen molar-refractivity contribution < 1.29 is 130 Å². The van der Waals surface area contributed by atoms with E-state index in [-0.39, 0.29) is 58.5 Å². The van der Waals surface area contributed by atoms with Crippen LogP contribution in [0, 0.1) is 0 Å². The molecule has 0 saturated heterocycles. The Morgan fingerprint density at radius 2 is 0.877 bits per heavy atom. The Labute approximate surface area is 411 Å². The number of esters is 3. The SMILES string of the molecule is COC(=O)Oc1cc(/C=C/C(=O)O[C@@H]2C[C@@](O)(C(=O)O)C[C@@H](OC(=O)/C=C/c3ccc(OC(=O)OC)c(OC(=O)OC)c3)[C@@H]2OC(=O)/C=C/c2ccc(OC(=O)OC)c(OC(=O)OC)c2)ccc1CCOOO. The minimum Gasteiger partial charge on any atom is -0.479 e. The molecule has 3 N–H and O–H groups in total. The smallest absolute Gasteiger partial charge is 0.479 e. The molecule has 0 radical (unpaired) electrons. The Bertz CT molecular complexity index is 2620. The molecule has 1 saturated carbocycles. The molecule has 1 fully saturated rings. The van der Waals surface area contributed by atoms with E-state index in [1.807, 2.05) is 0 Å². The van der Waals surface area contributed by atoms with E-state index in [1.165, 1.54) is 48.5 Å². The summed E-state index contributed by atoms with van der Waals surface area (Å²) in [4.78, 5) is 117. The average molecular weight is 1030 g/mol. The summed E-state index contributed by atoms with van der Waals surface area (Å²) in [6, 6.07) is 11.5. The second-order valence-electron chi connectivity index (χ2n) is 14.3. The maximum absolute atomic E-state index is 13.6. The molecule has 3 aromatic rings. The van der Waals surface area contributed by atoms with Crippen molar-refractivity contribution >= 4 is 72.9 Å². The van der Waals surface area contributed by atoms with Gasteiger partial charge in [0.15, 0.2) is 34.7 Å². The molecule has 27 nitrogen and oxygen atoms in total. The first-order valence-corrected chi connectivity index (χ1v) is 20.6. The molecule has 1 aliphatic rings. The molecule has 3 aromatic carbocycles. The largest absolute Gasteiger partial charge is 0.513 e. The van der Waals surface area contributed by atoms with Gasteiger partial charge in [-0.2, -0.15) is 0 Å². The Hall–Kier alpha value is -9.05. The number of rotatable bonds is 19. The monoisotopic (exact) mass is 1030 g/mol. The van der Waals surface area contributed by atoms with Gasteiger partial charge in [-0.15, -0.1) is 0 Å². The van der Waals surface area contributed by atoms with E-state index < -0.39 is 91.4 Å². The number of carboxylic acid groups (broad SMARTS) is 1. The van der Waals surface area contributed by atoms with Crippen molar-refractivity contribution in [3.05, 3.63) is 95.1 Å². The second-order valence-corrected chi connectivity index (χ2v) is 14.3. The first-order chi connectivity index (χ1) is 34.8. The molecule has 0 unspecified atom stereocenters. The van der Waals surface area contributed by atoms with Gasteiger partial charge in [-0.05, 0) is 70.8 Å². The van der Waals surface area contributed by atoms with Crippen LogP contribution in [0.2, 0.25) is 0 Å². The number of ether oxygens (including phenoxy) is 13. The molecule has 0 heterocycles. The topological polar surface area (TPSA) is 353 Å². The average Bonchev–Trinajstić information content (AvgIpc) is 3.36. The van der Waals surface area contributed by atoms with Crippen LogP contribution in [0.1, 0.15) is 35.1 Å². The van der Waals surface area contributed by atoms with Crippen molar-refractivity contribution in [2.45, 2.75) is 43.2 Å².